The third-order valence-electron chi connectivity index (χ3n) is 3.51. The Kier molecular flexibility index (Phi) is 6.00. The summed E-state index contributed by atoms with van der Waals surface area (Å²) in [6.45, 7) is 2.45. The Morgan fingerprint density at radius 1 is 1.23 bits per heavy atom. The molecule has 134 valence electrons. The van der Waals surface area contributed by atoms with Gasteiger partial charge < -0.3 is 14.8 Å². The molecule has 0 aromatic heterocycles. The number of para-hydroxylation sites is 1. The number of amidine groups is 1. The summed E-state index contributed by atoms with van der Waals surface area (Å²) in [7, 11) is 1.60. The Morgan fingerprint density at radius 2 is 2.04 bits per heavy atom. The molecule has 1 aliphatic heterocycles. The van der Waals surface area contributed by atoms with Crippen LogP contribution in [0.25, 0.3) is 6.08 Å². The second kappa shape index (κ2) is 8.42. The van der Waals surface area contributed by atoms with E-state index in [1.807, 2.05) is 55.5 Å². The largest absolute Gasteiger partial charge is 0.493 e. The summed E-state index contributed by atoms with van der Waals surface area (Å²) in [5.41, 5.74) is 1.62. The highest BCUT2D eigenvalue weighted by molar-refractivity contribution is 9.10. The number of rotatable bonds is 5. The summed E-state index contributed by atoms with van der Waals surface area (Å²) < 4.78 is 11.7. The number of hydrogen-bond acceptors (Lipinski definition) is 5. The molecule has 1 fully saturated rings. The number of aliphatic imine (C=N–C) groups is 1. The van der Waals surface area contributed by atoms with Crippen molar-refractivity contribution in [3.8, 4) is 11.5 Å². The minimum Gasteiger partial charge on any atom is -0.493 e. The van der Waals surface area contributed by atoms with E-state index < -0.39 is 0 Å². The van der Waals surface area contributed by atoms with Gasteiger partial charge in [-0.25, -0.2) is 4.99 Å². The first-order valence-corrected chi connectivity index (χ1v) is 9.56. The molecule has 1 saturated heterocycles. The van der Waals surface area contributed by atoms with Crippen molar-refractivity contribution in [2.24, 2.45) is 4.99 Å². The van der Waals surface area contributed by atoms with Gasteiger partial charge in [0.05, 0.1) is 24.3 Å². The molecule has 0 saturated carbocycles. The summed E-state index contributed by atoms with van der Waals surface area (Å²) >= 11 is 4.76. The maximum atomic E-state index is 12.2. The number of ether oxygens (including phenoxy) is 2. The molecule has 7 heteroatoms. The first kappa shape index (κ1) is 18.5. The molecule has 2 aromatic rings. The standard InChI is InChI=1S/C19H17BrN2O3S/c1-3-25-16-10-12(8-9-15(16)24-2)11-17-18(23)22-19(26-17)21-14-7-5-4-6-13(14)20/h4-11H,3H2,1-2H3,(H,21,22,23). The molecular formula is C19H17BrN2O3S. The van der Waals surface area contributed by atoms with E-state index in [-0.39, 0.29) is 5.91 Å². The highest BCUT2D eigenvalue weighted by atomic mass is 79.9. The number of nitrogens with one attached hydrogen (secondary N) is 1. The second-order valence-corrected chi connectivity index (χ2v) is 7.16. The minimum absolute atomic E-state index is 0.172. The first-order valence-electron chi connectivity index (χ1n) is 7.95. The SMILES string of the molecule is CCOc1cc(C=C2SC(=Nc3ccccc3Br)NC2=O)ccc1OC. The van der Waals surface area contributed by atoms with Gasteiger partial charge in [-0.2, -0.15) is 0 Å². The lowest BCUT2D eigenvalue weighted by atomic mass is 10.2. The molecule has 0 bridgehead atoms. The van der Waals surface area contributed by atoms with Crippen LogP contribution in [0.4, 0.5) is 5.69 Å². The van der Waals surface area contributed by atoms with Gasteiger partial charge in [-0.3, -0.25) is 4.79 Å². The molecule has 3 rings (SSSR count). The quantitative estimate of drug-likeness (QED) is 0.692. The van der Waals surface area contributed by atoms with Crippen LogP contribution < -0.4 is 14.8 Å². The fourth-order valence-electron chi connectivity index (χ4n) is 2.34. The van der Waals surface area contributed by atoms with Crippen molar-refractivity contribution < 1.29 is 14.3 Å². The minimum atomic E-state index is -0.172. The van der Waals surface area contributed by atoms with Gasteiger partial charge in [-0.1, -0.05) is 18.2 Å². The van der Waals surface area contributed by atoms with E-state index in [1.54, 1.807) is 7.11 Å². The Hall–Kier alpha value is -2.25. The summed E-state index contributed by atoms with van der Waals surface area (Å²) in [6, 6.07) is 13.2. The lowest BCUT2D eigenvalue weighted by Gasteiger charge is -2.09. The Balaban J connectivity index is 1.85. The number of amides is 1. The summed E-state index contributed by atoms with van der Waals surface area (Å²) in [5, 5.41) is 3.34. The molecule has 1 heterocycles. The molecule has 26 heavy (non-hydrogen) atoms. The predicted molar refractivity (Wildman–Crippen MR) is 109 cm³/mol. The molecule has 0 radical (unpaired) electrons. The zero-order chi connectivity index (χ0) is 18.5. The monoisotopic (exact) mass is 432 g/mol. The number of benzene rings is 2. The molecule has 1 N–H and O–H groups in total. The van der Waals surface area contributed by atoms with Crippen molar-refractivity contribution in [1.29, 1.82) is 0 Å². The predicted octanol–water partition coefficient (Wildman–Crippen LogP) is 4.75. The molecule has 1 aliphatic rings. The Labute approximate surface area is 164 Å². The van der Waals surface area contributed by atoms with E-state index in [0.29, 0.717) is 28.2 Å². The topological polar surface area (TPSA) is 59.9 Å². The Morgan fingerprint density at radius 3 is 2.77 bits per heavy atom. The van der Waals surface area contributed by atoms with Crippen molar-refractivity contribution in [2.45, 2.75) is 6.92 Å². The maximum Gasteiger partial charge on any atom is 0.264 e. The molecule has 0 unspecified atom stereocenters. The Bertz CT molecular complexity index is 896. The van der Waals surface area contributed by atoms with Crippen molar-refractivity contribution in [2.75, 3.05) is 13.7 Å². The summed E-state index contributed by atoms with van der Waals surface area (Å²) in [6.07, 6.45) is 1.81. The summed E-state index contributed by atoms with van der Waals surface area (Å²) in [5.74, 6) is 1.14. The molecule has 2 aromatic carbocycles. The van der Waals surface area contributed by atoms with Crippen LogP contribution in [-0.2, 0) is 4.79 Å². The van der Waals surface area contributed by atoms with Crippen LogP contribution in [-0.4, -0.2) is 24.8 Å². The fourth-order valence-corrected chi connectivity index (χ4v) is 3.54. The van der Waals surface area contributed by atoms with E-state index in [1.165, 1.54) is 11.8 Å². The van der Waals surface area contributed by atoms with Gasteiger partial charge in [-0.15, -0.1) is 0 Å². The lowest BCUT2D eigenvalue weighted by molar-refractivity contribution is -0.115. The number of carbonyl (C=O) groups excluding carboxylic acids is 1. The molecule has 0 aliphatic carbocycles. The van der Waals surface area contributed by atoms with E-state index in [4.69, 9.17) is 9.47 Å². The van der Waals surface area contributed by atoms with Gasteiger partial charge >= 0.3 is 0 Å². The van der Waals surface area contributed by atoms with Crippen LogP contribution in [0.1, 0.15) is 12.5 Å². The van der Waals surface area contributed by atoms with Gasteiger partial charge in [0.2, 0.25) is 0 Å². The van der Waals surface area contributed by atoms with Crippen LogP contribution in [0, 0.1) is 0 Å². The van der Waals surface area contributed by atoms with Crippen molar-refractivity contribution in [3.05, 3.63) is 57.4 Å². The number of hydrogen-bond donors (Lipinski definition) is 1. The van der Waals surface area contributed by atoms with Crippen LogP contribution >= 0.6 is 27.7 Å². The molecule has 0 spiro atoms. The van der Waals surface area contributed by atoms with Gasteiger partial charge in [0, 0.05) is 4.47 Å². The zero-order valence-electron chi connectivity index (χ0n) is 14.3. The van der Waals surface area contributed by atoms with Crippen molar-refractivity contribution in [1.82, 2.24) is 5.32 Å². The maximum absolute atomic E-state index is 12.2. The third-order valence-corrected chi connectivity index (χ3v) is 5.09. The average molecular weight is 433 g/mol. The molecule has 0 atom stereocenters. The van der Waals surface area contributed by atoms with Gasteiger partial charge in [0.15, 0.2) is 16.7 Å². The highest BCUT2D eigenvalue weighted by Gasteiger charge is 2.24. The molecular weight excluding hydrogens is 416 g/mol. The van der Waals surface area contributed by atoms with E-state index in [9.17, 15) is 4.79 Å². The van der Waals surface area contributed by atoms with Crippen LogP contribution in [0.3, 0.4) is 0 Å². The molecule has 5 nitrogen and oxygen atoms in total. The highest BCUT2D eigenvalue weighted by Crippen LogP contribution is 2.33. The number of methoxy groups -OCH3 is 1. The summed E-state index contributed by atoms with van der Waals surface area (Å²) in [4.78, 5) is 17.3. The number of thioether (sulfide) groups is 1. The van der Waals surface area contributed by atoms with Crippen LogP contribution in [0.5, 0.6) is 11.5 Å². The van der Waals surface area contributed by atoms with Crippen LogP contribution in [0.2, 0.25) is 0 Å². The first-order chi connectivity index (χ1) is 12.6. The van der Waals surface area contributed by atoms with E-state index in [0.717, 1.165) is 15.7 Å². The third kappa shape index (κ3) is 4.28. The smallest absolute Gasteiger partial charge is 0.264 e. The van der Waals surface area contributed by atoms with Gasteiger partial charge in [0.1, 0.15) is 0 Å². The van der Waals surface area contributed by atoms with Crippen LogP contribution in [0.15, 0.2) is 56.8 Å². The van der Waals surface area contributed by atoms with E-state index in [2.05, 4.69) is 26.2 Å². The number of carbonyl (C=O) groups is 1. The van der Waals surface area contributed by atoms with Gasteiger partial charge in [0.25, 0.3) is 5.91 Å². The molecule has 1 amide bonds. The number of halogens is 1. The fraction of sp³-hybridized carbons (Fsp3) is 0.158. The van der Waals surface area contributed by atoms with Crippen molar-refractivity contribution in [3.63, 3.8) is 0 Å². The lowest BCUT2D eigenvalue weighted by Crippen LogP contribution is -2.19. The van der Waals surface area contributed by atoms with Gasteiger partial charge in [-0.05, 0) is 70.5 Å². The average Bonchev–Trinajstić information content (AvgIpc) is 2.97. The zero-order valence-corrected chi connectivity index (χ0v) is 16.7. The second-order valence-electron chi connectivity index (χ2n) is 5.28. The number of nitrogens with zero attached hydrogens (tertiary/aromatic N) is 1. The van der Waals surface area contributed by atoms with E-state index >= 15 is 0 Å². The van der Waals surface area contributed by atoms with Crippen molar-refractivity contribution >= 4 is 50.5 Å². The normalized spacial score (nSPS) is 16.8.